The van der Waals surface area contributed by atoms with Crippen molar-refractivity contribution in [1.82, 2.24) is 0 Å². The molecule has 0 aliphatic carbocycles. The van der Waals surface area contributed by atoms with Crippen LogP contribution in [0.25, 0.3) is 11.0 Å². The summed E-state index contributed by atoms with van der Waals surface area (Å²) in [6, 6.07) is 6.40. The highest BCUT2D eigenvalue weighted by atomic mass is 16.4. The van der Waals surface area contributed by atoms with E-state index in [0.717, 1.165) is 18.4 Å². The number of phenolic OH excluding ortho intramolecular Hbond substituents is 1. The second-order valence-corrected chi connectivity index (χ2v) is 3.49. The fraction of sp³-hybridized carbons (Fsp3) is 0.250. The Bertz CT molecular complexity index is 540. The van der Waals surface area contributed by atoms with Crippen LogP contribution in [0.2, 0.25) is 0 Å². The van der Waals surface area contributed by atoms with Crippen molar-refractivity contribution >= 4 is 11.0 Å². The lowest BCUT2D eigenvalue weighted by atomic mass is 10.1. The molecule has 0 saturated heterocycles. The maximum atomic E-state index is 11.2. The lowest BCUT2D eigenvalue weighted by Gasteiger charge is -2.05. The zero-order valence-corrected chi connectivity index (χ0v) is 8.49. The molecular weight excluding hydrogens is 192 g/mol. The molecule has 1 aromatic heterocycles. The summed E-state index contributed by atoms with van der Waals surface area (Å²) in [4.78, 5) is 11.2. The van der Waals surface area contributed by atoms with Crippen LogP contribution in [0.5, 0.6) is 5.75 Å². The summed E-state index contributed by atoms with van der Waals surface area (Å²) in [6.07, 6.45) is 1.69. The van der Waals surface area contributed by atoms with Gasteiger partial charge < -0.3 is 9.52 Å². The van der Waals surface area contributed by atoms with E-state index in [0.29, 0.717) is 11.0 Å². The Morgan fingerprint density at radius 1 is 1.40 bits per heavy atom. The number of phenols is 1. The Morgan fingerprint density at radius 3 is 2.93 bits per heavy atom. The number of hydrogen-bond acceptors (Lipinski definition) is 3. The number of rotatable bonds is 2. The van der Waals surface area contributed by atoms with Gasteiger partial charge in [0.2, 0.25) is 0 Å². The number of aromatic hydroxyl groups is 1. The van der Waals surface area contributed by atoms with Gasteiger partial charge in [0.1, 0.15) is 11.3 Å². The molecule has 0 aliphatic heterocycles. The highest BCUT2D eigenvalue weighted by molar-refractivity contribution is 5.86. The number of benzene rings is 1. The van der Waals surface area contributed by atoms with Crippen molar-refractivity contribution in [2.75, 3.05) is 0 Å². The van der Waals surface area contributed by atoms with E-state index in [2.05, 4.69) is 0 Å². The van der Waals surface area contributed by atoms with Gasteiger partial charge in [0.15, 0.2) is 0 Å². The molecule has 2 rings (SSSR count). The number of aryl methyl sites for hydroxylation is 1. The van der Waals surface area contributed by atoms with E-state index in [9.17, 15) is 9.90 Å². The molecule has 78 valence electrons. The lowest BCUT2D eigenvalue weighted by molar-refractivity contribution is 0.478. The summed E-state index contributed by atoms with van der Waals surface area (Å²) in [7, 11) is 0. The summed E-state index contributed by atoms with van der Waals surface area (Å²) in [6.45, 7) is 2.03. The van der Waals surface area contributed by atoms with Gasteiger partial charge in [-0.1, -0.05) is 19.4 Å². The highest BCUT2D eigenvalue weighted by Gasteiger charge is 2.08. The second-order valence-electron chi connectivity index (χ2n) is 3.49. The van der Waals surface area contributed by atoms with E-state index in [1.165, 1.54) is 6.07 Å². The molecule has 1 heterocycles. The summed E-state index contributed by atoms with van der Waals surface area (Å²) >= 11 is 0. The quantitative estimate of drug-likeness (QED) is 0.764. The molecule has 0 amide bonds. The monoisotopic (exact) mass is 204 g/mol. The molecule has 0 spiro atoms. The minimum atomic E-state index is -0.364. The molecule has 0 unspecified atom stereocenters. The summed E-state index contributed by atoms with van der Waals surface area (Å²) < 4.78 is 5.01. The normalized spacial score (nSPS) is 10.7. The number of fused-ring (bicyclic) bond motifs is 1. The Labute approximate surface area is 87.0 Å². The van der Waals surface area contributed by atoms with Gasteiger partial charge in [-0.3, -0.25) is 0 Å². The van der Waals surface area contributed by atoms with E-state index in [4.69, 9.17) is 4.42 Å². The molecule has 0 aliphatic rings. The van der Waals surface area contributed by atoms with Crippen molar-refractivity contribution < 1.29 is 9.52 Å². The van der Waals surface area contributed by atoms with Crippen LogP contribution in [0.4, 0.5) is 0 Å². The van der Waals surface area contributed by atoms with Crippen LogP contribution in [0.3, 0.4) is 0 Å². The minimum absolute atomic E-state index is 0.166. The van der Waals surface area contributed by atoms with E-state index < -0.39 is 0 Å². The first kappa shape index (κ1) is 9.77. The predicted octanol–water partition coefficient (Wildman–Crippen LogP) is 2.45. The maximum Gasteiger partial charge on any atom is 0.336 e. The van der Waals surface area contributed by atoms with E-state index in [1.807, 2.05) is 6.92 Å². The van der Waals surface area contributed by atoms with Gasteiger partial charge in [-0.2, -0.15) is 0 Å². The van der Waals surface area contributed by atoms with Gasteiger partial charge in [-0.25, -0.2) is 4.79 Å². The second kappa shape index (κ2) is 3.77. The van der Waals surface area contributed by atoms with Crippen LogP contribution in [-0.2, 0) is 6.42 Å². The average Bonchev–Trinajstić information content (AvgIpc) is 2.17. The molecule has 1 N–H and O–H groups in total. The summed E-state index contributed by atoms with van der Waals surface area (Å²) in [5.41, 5.74) is 0.935. The van der Waals surface area contributed by atoms with Crippen LogP contribution < -0.4 is 5.63 Å². The van der Waals surface area contributed by atoms with Gasteiger partial charge in [0.05, 0.1) is 5.39 Å². The van der Waals surface area contributed by atoms with Gasteiger partial charge in [0, 0.05) is 6.07 Å². The van der Waals surface area contributed by atoms with Crippen LogP contribution in [-0.4, -0.2) is 5.11 Å². The maximum absolute atomic E-state index is 11.2. The molecule has 0 atom stereocenters. The smallest absolute Gasteiger partial charge is 0.336 e. The van der Waals surface area contributed by atoms with Crippen molar-refractivity contribution in [3.63, 3.8) is 0 Å². The predicted molar refractivity (Wildman–Crippen MR) is 58.1 cm³/mol. The number of hydrogen-bond donors (Lipinski definition) is 1. The third-order valence-electron chi connectivity index (χ3n) is 2.35. The molecule has 0 bridgehead atoms. The zero-order valence-electron chi connectivity index (χ0n) is 8.49. The average molecular weight is 204 g/mol. The van der Waals surface area contributed by atoms with E-state index >= 15 is 0 Å². The topological polar surface area (TPSA) is 50.4 Å². The first-order valence-electron chi connectivity index (χ1n) is 4.97. The third-order valence-corrected chi connectivity index (χ3v) is 2.35. The van der Waals surface area contributed by atoms with Gasteiger partial charge in [-0.05, 0) is 24.1 Å². The van der Waals surface area contributed by atoms with Crippen LogP contribution in [0, 0.1) is 0 Å². The van der Waals surface area contributed by atoms with Crippen LogP contribution in [0.15, 0.2) is 33.5 Å². The Balaban J connectivity index is 2.81. The van der Waals surface area contributed by atoms with E-state index in [-0.39, 0.29) is 11.4 Å². The van der Waals surface area contributed by atoms with Crippen molar-refractivity contribution in [2.45, 2.75) is 19.8 Å². The molecule has 0 fully saturated rings. The minimum Gasteiger partial charge on any atom is -0.507 e. The molecule has 0 saturated carbocycles. The Hall–Kier alpha value is -1.77. The highest BCUT2D eigenvalue weighted by Crippen LogP contribution is 2.27. The van der Waals surface area contributed by atoms with Crippen LogP contribution in [0.1, 0.15) is 18.9 Å². The SMILES string of the molecule is CCCc1cc(=O)oc2cccc(O)c12. The fourth-order valence-electron chi connectivity index (χ4n) is 1.75. The first-order valence-corrected chi connectivity index (χ1v) is 4.97. The van der Waals surface area contributed by atoms with Gasteiger partial charge in [0.25, 0.3) is 0 Å². The van der Waals surface area contributed by atoms with Crippen molar-refractivity contribution in [2.24, 2.45) is 0 Å². The third kappa shape index (κ3) is 1.73. The molecule has 2 aromatic rings. The molecule has 15 heavy (non-hydrogen) atoms. The fourth-order valence-corrected chi connectivity index (χ4v) is 1.75. The molecule has 3 nitrogen and oxygen atoms in total. The molecular formula is C12H12O3. The zero-order chi connectivity index (χ0) is 10.8. The molecule has 1 aromatic carbocycles. The van der Waals surface area contributed by atoms with Gasteiger partial charge in [-0.15, -0.1) is 0 Å². The summed E-state index contributed by atoms with van der Waals surface area (Å²) in [5.74, 6) is 0.166. The van der Waals surface area contributed by atoms with Gasteiger partial charge >= 0.3 is 5.63 Å². The standard InChI is InChI=1S/C12H12O3/c1-2-4-8-7-11(14)15-10-6-3-5-9(13)12(8)10/h3,5-7,13H,2,4H2,1H3. The Morgan fingerprint density at radius 2 is 2.20 bits per heavy atom. The molecule has 0 radical (unpaired) electrons. The molecule has 3 heteroatoms. The largest absolute Gasteiger partial charge is 0.507 e. The van der Waals surface area contributed by atoms with Crippen molar-refractivity contribution in [3.05, 3.63) is 40.2 Å². The van der Waals surface area contributed by atoms with E-state index in [1.54, 1.807) is 18.2 Å². The lowest BCUT2D eigenvalue weighted by Crippen LogP contribution is -2.00. The summed E-state index contributed by atoms with van der Waals surface area (Å²) in [5, 5.41) is 10.4. The van der Waals surface area contributed by atoms with Crippen LogP contribution >= 0.6 is 0 Å². The van der Waals surface area contributed by atoms with Crippen molar-refractivity contribution in [3.8, 4) is 5.75 Å². The first-order chi connectivity index (χ1) is 7.22. The van der Waals surface area contributed by atoms with Crippen molar-refractivity contribution in [1.29, 1.82) is 0 Å². The Kier molecular flexibility index (Phi) is 2.46.